The highest BCUT2D eigenvalue weighted by Crippen LogP contribution is 2.39. The molecule has 2 aliphatic rings. The lowest BCUT2D eigenvalue weighted by atomic mass is 9.99. The summed E-state index contributed by atoms with van der Waals surface area (Å²) >= 11 is 2.14. The number of benzene rings is 1. The van der Waals surface area contributed by atoms with Crippen molar-refractivity contribution in [1.82, 2.24) is 5.32 Å². The highest BCUT2D eigenvalue weighted by molar-refractivity contribution is 8.00. The molecule has 0 spiro atoms. The van der Waals surface area contributed by atoms with Gasteiger partial charge < -0.3 is 10.1 Å². The van der Waals surface area contributed by atoms with Crippen molar-refractivity contribution in [1.29, 1.82) is 0 Å². The van der Waals surface area contributed by atoms with Crippen molar-refractivity contribution in [3.8, 4) is 0 Å². The molecule has 1 heterocycles. The second kappa shape index (κ2) is 6.29. The molecular formula is C16H23NOS. The minimum absolute atomic E-state index is 0.509. The van der Waals surface area contributed by atoms with Gasteiger partial charge in [0.25, 0.3) is 0 Å². The van der Waals surface area contributed by atoms with Crippen LogP contribution in [0.25, 0.3) is 0 Å². The van der Waals surface area contributed by atoms with Gasteiger partial charge in [0.05, 0.1) is 18.5 Å². The number of rotatable bonds is 4. The van der Waals surface area contributed by atoms with Gasteiger partial charge in [-0.3, -0.25) is 0 Å². The Balaban J connectivity index is 1.82. The molecule has 1 aliphatic heterocycles. The third-order valence-electron chi connectivity index (χ3n) is 4.10. The van der Waals surface area contributed by atoms with E-state index in [4.69, 9.17) is 4.74 Å². The van der Waals surface area contributed by atoms with Crippen LogP contribution in [0.15, 0.2) is 24.3 Å². The first kappa shape index (κ1) is 13.5. The van der Waals surface area contributed by atoms with Crippen molar-refractivity contribution in [2.24, 2.45) is 0 Å². The number of hydrogen-bond donors (Lipinski definition) is 1. The Kier molecular flexibility index (Phi) is 4.46. The third kappa shape index (κ3) is 2.99. The first-order valence-electron chi connectivity index (χ1n) is 7.43. The lowest BCUT2D eigenvalue weighted by molar-refractivity contribution is 0.0451. The Morgan fingerprint density at radius 1 is 1.32 bits per heavy atom. The molecule has 0 bridgehead atoms. The van der Waals surface area contributed by atoms with Gasteiger partial charge in [0.15, 0.2) is 0 Å². The number of hydrogen-bond acceptors (Lipinski definition) is 3. The van der Waals surface area contributed by atoms with Gasteiger partial charge >= 0.3 is 0 Å². The van der Waals surface area contributed by atoms with Crippen LogP contribution in [0.5, 0.6) is 0 Å². The molecule has 0 saturated carbocycles. The second-order valence-electron chi connectivity index (χ2n) is 5.46. The van der Waals surface area contributed by atoms with E-state index in [0.717, 1.165) is 25.0 Å². The van der Waals surface area contributed by atoms with Gasteiger partial charge in [-0.2, -0.15) is 0 Å². The largest absolute Gasteiger partial charge is 0.379 e. The van der Waals surface area contributed by atoms with E-state index in [1.54, 1.807) is 5.56 Å². The van der Waals surface area contributed by atoms with Gasteiger partial charge in [-0.1, -0.05) is 31.2 Å². The van der Waals surface area contributed by atoms with E-state index in [2.05, 4.69) is 48.3 Å². The summed E-state index contributed by atoms with van der Waals surface area (Å²) in [5, 5.41) is 5.13. The van der Waals surface area contributed by atoms with Gasteiger partial charge in [-0.05, 0) is 36.9 Å². The zero-order valence-electron chi connectivity index (χ0n) is 11.6. The molecule has 1 aromatic rings. The van der Waals surface area contributed by atoms with Crippen LogP contribution in [0.4, 0.5) is 0 Å². The summed E-state index contributed by atoms with van der Waals surface area (Å²) in [5.74, 6) is 0. The molecule has 0 amide bonds. The number of fused-ring (bicyclic) bond motifs is 1. The van der Waals surface area contributed by atoms with Crippen LogP contribution < -0.4 is 5.32 Å². The summed E-state index contributed by atoms with van der Waals surface area (Å²) in [7, 11) is 0. The summed E-state index contributed by atoms with van der Waals surface area (Å²) in [5.41, 5.74) is 3.07. The molecule has 0 radical (unpaired) electrons. The van der Waals surface area contributed by atoms with Gasteiger partial charge in [-0.25, -0.2) is 0 Å². The maximum absolute atomic E-state index is 5.33. The minimum Gasteiger partial charge on any atom is -0.379 e. The summed E-state index contributed by atoms with van der Waals surface area (Å²) in [6.07, 6.45) is 3.86. The average molecular weight is 277 g/mol. The Morgan fingerprint density at radius 2 is 2.16 bits per heavy atom. The summed E-state index contributed by atoms with van der Waals surface area (Å²) < 4.78 is 5.33. The molecule has 1 saturated heterocycles. The molecule has 1 aliphatic carbocycles. The molecule has 104 valence electrons. The zero-order valence-corrected chi connectivity index (χ0v) is 12.4. The number of thioether (sulfide) groups is 1. The fourth-order valence-electron chi connectivity index (χ4n) is 3.07. The highest BCUT2D eigenvalue weighted by Gasteiger charge is 2.31. The van der Waals surface area contributed by atoms with Crippen molar-refractivity contribution in [2.45, 2.75) is 42.7 Å². The van der Waals surface area contributed by atoms with Crippen LogP contribution in [0, 0.1) is 0 Å². The maximum atomic E-state index is 5.33. The van der Waals surface area contributed by atoms with E-state index < -0.39 is 0 Å². The number of nitrogens with one attached hydrogen (secondary N) is 1. The van der Waals surface area contributed by atoms with Crippen LogP contribution in [0.3, 0.4) is 0 Å². The van der Waals surface area contributed by atoms with Gasteiger partial charge in [0.1, 0.15) is 0 Å². The van der Waals surface area contributed by atoms with Crippen LogP contribution in [-0.4, -0.2) is 30.3 Å². The first-order valence-corrected chi connectivity index (χ1v) is 8.37. The van der Waals surface area contributed by atoms with Gasteiger partial charge in [0.2, 0.25) is 0 Å². The third-order valence-corrected chi connectivity index (χ3v) is 5.61. The molecular weight excluding hydrogens is 254 g/mol. The molecule has 3 heteroatoms. The predicted molar refractivity (Wildman–Crippen MR) is 81.8 cm³/mol. The maximum Gasteiger partial charge on any atom is 0.0608 e. The van der Waals surface area contributed by atoms with E-state index in [-0.39, 0.29) is 0 Å². The van der Waals surface area contributed by atoms with E-state index in [1.807, 2.05) is 0 Å². The molecule has 19 heavy (non-hydrogen) atoms. The Bertz CT molecular complexity index is 419. The topological polar surface area (TPSA) is 21.3 Å². The molecule has 0 aromatic heterocycles. The van der Waals surface area contributed by atoms with Crippen LogP contribution in [-0.2, 0) is 11.2 Å². The molecule has 1 fully saturated rings. The fraction of sp³-hybridized carbons (Fsp3) is 0.625. The smallest absolute Gasteiger partial charge is 0.0608 e. The first-order chi connectivity index (χ1) is 9.38. The van der Waals surface area contributed by atoms with E-state index in [0.29, 0.717) is 11.3 Å². The van der Waals surface area contributed by atoms with Gasteiger partial charge in [0, 0.05) is 11.3 Å². The fourth-order valence-corrected chi connectivity index (χ4v) is 4.62. The van der Waals surface area contributed by atoms with Crippen molar-refractivity contribution in [3.05, 3.63) is 35.4 Å². The summed E-state index contributed by atoms with van der Waals surface area (Å²) in [6, 6.07) is 9.49. The molecule has 1 aromatic carbocycles. The quantitative estimate of drug-likeness (QED) is 0.854. The zero-order chi connectivity index (χ0) is 13.1. The van der Waals surface area contributed by atoms with E-state index in [1.165, 1.54) is 24.8 Å². The monoisotopic (exact) mass is 277 g/mol. The van der Waals surface area contributed by atoms with Crippen molar-refractivity contribution >= 4 is 11.8 Å². The average Bonchev–Trinajstić information content (AvgIpc) is 2.55. The summed E-state index contributed by atoms with van der Waals surface area (Å²) in [4.78, 5) is 0. The Morgan fingerprint density at radius 3 is 2.89 bits per heavy atom. The van der Waals surface area contributed by atoms with Crippen LogP contribution >= 0.6 is 11.8 Å². The number of aryl methyl sites for hydroxylation is 1. The molecule has 2 atom stereocenters. The molecule has 1 N–H and O–H groups in total. The lowest BCUT2D eigenvalue weighted by Crippen LogP contribution is -2.36. The lowest BCUT2D eigenvalue weighted by Gasteiger charge is -2.33. The van der Waals surface area contributed by atoms with Crippen molar-refractivity contribution in [2.75, 3.05) is 19.8 Å². The number of ether oxygens (including phenoxy) is 1. The molecule has 3 rings (SSSR count). The van der Waals surface area contributed by atoms with Crippen LogP contribution in [0.1, 0.15) is 36.9 Å². The normalized spacial score (nSPS) is 27.4. The molecule has 2 nitrogen and oxygen atoms in total. The highest BCUT2D eigenvalue weighted by atomic mass is 32.2. The SMILES string of the molecule is CCNC1c2ccccc2CCCC1SC1COC1. The minimum atomic E-state index is 0.509. The standard InChI is InChI=1S/C16H23NOS/c1-2-17-16-14-8-4-3-6-12(14)7-5-9-15(16)19-13-10-18-11-13/h3-4,6,8,13,15-17H,2,5,7,9-11H2,1H3. The van der Waals surface area contributed by atoms with Gasteiger partial charge in [-0.15, -0.1) is 11.8 Å². The Labute approximate surface area is 120 Å². The van der Waals surface area contributed by atoms with Crippen molar-refractivity contribution < 1.29 is 4.74 Å². The second-order valence-corrected chi connectivity index (χ2v) is 7.00. The van der Waals surface area contributed by atoms with Crippen LogP contribution in [0.2, 0.25) is 0 Å². The summed E-state index contributed by atoms with van der Waals surface area (Å²) in [6.45, 7) is 5.14. The van der Waals surface area contributed by atoms with Crippen molar-refractivity contribution in [3.63, 3.8) is 0 Å². The molecule has 2 unspecified atom stereocenters. The Hall–Kier alpha value is -0.510. The predicted octanol–water partition coefficient (Wildman–Crippen LogP) is 3.17. The van der Waals surface area contributed by atoms with E-state index in [9.17, 15) is 0 Å². The van der Waals surface area contributed by atoms with E-state index >= 15 is 0 Å².